The van der Waals surface area contributed by atoms with E-state index in [2.05, 4.69) is 32.2 Å². The number of rotatable bonds is 5. The van der Waals surface area contributed by atoms with Crippen molar-refractivity contribution in [1.29, 1.82) is 0 Å². The summed E-state index contributed by atoms with van der Waals surface area (Å²) in [6.45, 7) is 8.79. The fourth-order valence-electron chi connectivity index (χ4n) is 3.22. The molecule has 0 bridgehead atoms. The number of unbranched alkanes of at least 4 members (excludes halogenated alkanes) is 2. The Balaban J connectivity index is 1.83. The number of hydrogen-bond acceptors (Lipinski definition) is 4. The van der Waals surface area contributed by atoms with Gasteiger partial charge in [0.1, 0.15) is 24.6 Å². The maximum absolute atomic E-state index is 6.17. The molecule has 22 heavy (non-hydrogen) atoms. The summed E-state index contributed by atoms with van der Waals surface area (Å²) in [6.07, 6.45) is 4.70. The maximum atomic E-state index is 6.17. The molecule has 3 rings (SSSR count). The van der Waals surface area contributed by atoms with Crippen LogP contribution in [0.4, 0.5) is 0 Å². The van der Waals surface area contributed by atoms with Gasteiger partial charge in [0.2, 0.25) is 0 Å². The third-order valence-corrected chi connectivity index (χ3v) is 4.30. The van der Waals surface area contributed by atoms with E-state index in [4.69, 9.17) is 14.2 Å². The Morgan fingerprint density at radius 1 is 1.09 bits per heavy atom. The van der Waals surface area contributed by atoms with Crippen LogP contribution in [0.25, 0.3) is 0 Å². The minimum absolute atomic E-state index is 0.167. The summed E-state index contributed by atoms with van der Waals surface area (Å²) in [6, 6.07) is 4.40. The molecule has 122 valence electrons. The Labute approximate surface area is 133 Å². The van der Waals surface area contributed by atoms with Gasteiger partial charge >= 0.3 is 0 Å². The third-order valence-electron chi connectivity index (χ3n) is 4.30. The second kappa shape index (κ2) is 6.37. The van der Waals surface area contributed by atoms with Crippen molar-refractivity contribution >= 4 is 0 Å². The highest BCUT2D eigenvalue weighted by atomic mass is 16.6. The van der Waals surface area contributed by atoms with Crippen molar-refractivity contribution in [3.8, 4) is 17.2 Å². The molecule has 0 aromatic heterocycles. The lowest BCUT2D eigenvalue weighted by atomic mass is 9.89. The molecule has 0 spiro atoms. The fraction of sp³-hybridized carbons (Fsp3) is 0.667. The molecule has 1 N–H and O–H groups in total. The molecule has 4 heteroatoms. The van der Waals surface area contributed by atoms with E-state index in [0.29, 0.717) is 19.3 Å². The van der Waals surface area contributed by atoms with Crippen molar-refractivity contribution in [3.05, 3.63) is 17.7 Å². The summed E-state index contributed by atoms with van der Waals surface area (Å²) in [5, 5.41) is 3.70. The highest BCUT2D eigenvalue weighted by Crippen LogP contribution is 2.45. The van der Waals surface area contributed by atoms with Gasteiger partial charge in [-0.05, 0) is 32.9 Å². The van der Waals surface area contributed by atoms with E-state index in [1.54, 1.807) is 0 Å². The molecule has 2 aliphatic rings. The smallest absolute Gasteiger partial charge is 0.165 e. The zero-order chi connectivity index (χ0) is 15.6. The summed E-state index contributed by atoms with van der Waals surface area (Å²) in [5.74, 6) is 2.56. The molecule has 1 aromatic rings. The topological polar surface area (TPSA) is 39.7 Å². The van der Waals surface area contributed by atoms with E-state index < -0.39 is 0 Å². The van der Waals surface area contributed by atoms with E-state index in [9.17, 15) is 0 Å². The first kappa shape index (κ1) is 15.5. The molecule has 1 unspecified atom stereocenters. The molecule has 2 aliphatic heterocycles. The monoisotopic (exact) mass is 305 g/mol. The molecular weight excluding hydrogens is 278 g/mol. The Bertz CT molecular complexity index is 527. The molecule has 0 amide bonds. The Morgan fingerprint density at radius 3 is 2.55 bits per heavy atom. The van der Waals surface area contributed by atoms with E-state index in [1.165, 1.54) is 24.8 Å². The Kier molecular flexibility index (Phi) is 4.48. The molecule has 0 fully saturated rings. The van der Waals surface area contributed by atoms with Crippen LogP contribution in [-0.4, -0.2) is 25.4 Å². The minimum atomic E-state index is -0.167. The predicted molar refractivity (Wildman–Crippen MR) is 87.0 cm³/mol. The third kappa shape index (κ3) is 3.32. The Morgan fingerprint density at radius 2 is 1.82 bits per heavy atom. The number of nitrogens with one attached hydrogen (secondary N) is 1. The van der Waals surface area contributed by atoms with Crippen LogP contribution < -0.4 is 19.5 Å². The molecule has 0 radical (unpaired) electrons. The van der Waals surface area contributed by atoms with Gasteiger partial charge in [0, 0.05) is 24.1 Å². The summed E-state index contributed by atoms with van der Waals surface area (Å²) in [7, 11) is 0. The number of hydrogen-bond donors (Lipinski definition) is 1. The zero-order valence-corrected chi connectivity index (χ0v) is 13.9. The van der Waals surface area contributed by atoms with Crippen LogP contribution in [0.2, 0.25) is 0 Å². The van der Waals surface area contributed by atoms with Crippen LogP contribution in [0.1, 0.15) is 58.1 Å². The lowest BCUT2D eigenvalue weighted by Crippen LogP contribution is -2.39. The molecule has 1 aromatic carbocycles. The largest absolute Gasteiger partial charge is 0.487 e. The maximum Gasteiger partial charge on any atom is 0.165 e. The van der Waals surface area contributed by atoms with Crippen LogP contribution in [0.3, 0.4) is 0 Å². The van der Waals surface area contributed by atoms with Gasteiger partial charge in [0.25, 0.3) is 0 Å². The van der Waals surface area contributed by atoms with Crippen molar-refractivity contribution in [1.82, 2.24) is 5.32 Å². The fourth-order valence-corrected chi connectivity index (χ4v) is 3.22. The predicted octanol–water partition coefficient (Wildman–Crippen LogP) is 3.84. The molecule has 4 nitrogen and oxygen atoms in total. The van der Waals surface area contributed by atoms with E-state index in [-0.39, 0.29) is 5.60 Å². The van der Waals surface area contributed by atoms with Crippen molar-refractivity contribution < 1.29 is 14.2 Å². The van der Waals surface area contributed by atoms with Crippen LogP contribution in [0, 0.1) is 0 Å². The lowest BCUT2D eigenvalue weighted by molar-refractivity contribution is 0.0644. The van der Waals surface area contributed by atoms with Crippen molar-refractivity contribution in [2.24, 2.45) is 0 Å². The molecular formula is C18H27NO3. The number of ether oxygens (including phenoxy) is 3. The zero-order valence-electron chi connectivity index (χ0n) is 13.9. The van der Waals surface area contributed by atoms with Crippen LogP contribution in [-0.2, 0) is 0 Å². The van der Waals surface area contributed by atoms with E-state index >= 15 is 0 Å². The summed E-state index contributed by atoms with van der Waals surface area (Å²) in [4.78, 5) is 0. The summed E-state index contributed by atoms with van der Waals surface area (Å²) >= 11 is 0. The van der Waals surface area contributed by atoms with Crippen LogP contribution in [0.15, 0.2) is 12.1 Å². The first-order valence-corrected chi connectivity index (χ1v) is 8.45. The first-order valence-electron chi connectivity index (χ1n) is 8.45. The molecule has 0 saturated carbocycles. The van der Waals surface area contributed by atoms with Gasteiger partial charge in [0.15, 0.2) is 11.5 Å². The minimum Gasteiger partial charge on any atom is -0.487 e. The normalized spacial score (nSPS) is 21.9. The summed E-state index contributed by atoms with van der Waals surface area (Å²) in [5.41, 5.74) is 1.03. The highest BCUT2D eigenvalue weighted by molar-refractivity contribution is 5.53. The average Bonchev–Trinajstić information content (AvgIpc) is 2.49. The van der Waals surface area contributed by atoms with E-state index in [0.717, 1.165) is 30.2 Å². The Hall–Kier alpha value is -1.42. The van der Waals surface area contributed by atoms with Gasteiger partial charge in [-0.15, -0.1) is 0 Å². The number of benzene rings is 1. The first-order chi connectivity index (χ1) is 10.6. The van der Waals surface area contributed by atoms with Crippen LogP contribution in [0.5, 0.6) is 17.2 Å². The summed E-state index contributed by atoms with van der Waals surface area (Å²) < 4.78 is 17.6. The molecule has 2 heterocycles. The van der Waals surface area contributed by atoms with E-state index in [1.807, 2.05) is 6.07 Å². The lowest BCUT2D eigenvalue weighted by Gasteiger charge is -2.38. The van der Waals surface area contributed by atoms with Gasteiger partial charge in [-0.2, -0.15) is 0 Å². The number of fused-ring (bicyclic) bond motifs is 2. The molecule has 0 aliphatic carbocycles. The van der Waals surface area contributed by atoms with Crippen molar-refractivity contribution in [2.75, 3.05) is 19.8 Å². The van der Waals surface area contributed by atoms with Gasteiger partial charge in [-0.3, -0.25) is 0 Å². The van der Waals surface area contributed by atoms with Gasteiger partial charge in [-0.25, -0.2) is 0 Å². The van der Waals surface area contributed by atoms with Gasteiger partial charge in [-0.1, -0.05) is 19.8 Å². The molecule has 1 atom stereocenters. The van der Waals surface area contributed by atoms with Gasteiger partial charge < -0.3 is 19.5 Å². The standard InChI is InChI=1S/C18H27NO3/c1-4-5-6-7-19-14-12-18(2,3)22-15-11-17-16(10-13(14)15)20-8-9-21-17/h10-11,14,19H,4-9,12H2,1-3H3. The van der Waals surface area contributed by atoms with Gasteiger partial charge in [0.05, 0.1) is 0 Å². The SMILES string of the molecule is CCCCCNC1CC(C)(C)Oc2cc3c(cc21)OCCO3. The highest BCUT2D eigenvalue weighted by Gasteiger charge is 2.35. The van der Waals surface area contributed by atoms with Crippen molar-refractivity contribution in [2.45, 2.75) is 58.1 Å². The molecule has 0 saturated heterocycles. The second-order valence-electron chi connectivity index (χ2n) is 6.81. The quantitative estimate of drug-likeness (QED) is 0.839. The van der Waals surface area contributed by atoms with Crippen molar-refractivity contribution in [3.63, 3.8) is 0 Å². The average molecular weight is 305 g/mol. The van der Waals surface area contributed by atoms with Crippen LogP contribution >= 0.6 is 0 Å². The second-order valence-corrected chi connectivity index (χ2v) is 6.81.